The van der Waals surface area contributed by atoms with Crippen LogP contribution in [0.3, 0.4) is 0 Å². The molecule has 162 valence electrons. The third-order valence-corrected chi connectivity index (χ3v) is 5.06. The number of hydrazone groups is 1. The summed E-state index contributed by atoms with van der Waals surface area (Å²) in [6.07, 6.45) is 3.96. The van der Waals surface area contributed by atoms with Gasteiger partial charge in [-0.15, -0.1) is 0 Å². The maximum absolute atomic E-state index is 12.6. The summed E-state index contributed by atoms with van der Waals surface area (Å²) in [4.78, 5) is 24.7. The minimum absolute atomic E-state index is 0.132. The van der Waals surface area contributed by atoms with E-state index in [0.717, 1.165) is 16.7 Å². The fourth-order valence-corrected chi connectivity index (χ4v) is 3.25. The lowest BCUT2D eigenvalue weighted by Crippen LogP contribution is -2.26. The molecule has 0 saturated carbocycles. The molecule has 2 amide bonds. The second-order valence-corrected chi connectivity index (χ2v) is 7.36. The SMILES string of the molecule is CCC(C(=O)N/N=C(/C)c1ccc(NC(=O)/C=C/c2ccccc2)cc1)c1ccccc1. The normalized spacial score (nSPS) is 12.4. The van der Waals surface area contributed by atoms with Crippen LogP contribution in [0.2, 0.25) is 0 Å². The van der Waals surface area contributed by atoms with E-state index >= 15 is 0 Å². The number of hydrogen-bond acceptors (Lipinski definition) is 3. The molecule has 0 radical (unpaired) electrons. The Labute approximate surface area is 188 Å². The van der Waals surface area contributed by atoms with Crippen LogP contribution in [0.15, 0.2) is 96.1 Å². The van der Waals surface area contributed by atoms with E-state index in [1.54, 1.807) is 6.08 Å². The number of hydrogen-bond donors (Lipinski definition) is 2. The van der Waals surface area contributed by atoms with Crippen molar-refractivity contribution in [3.05, 3.63) is 108 Å². The molecule has 0 saturated heterocycles. The van der Waals surface area contributed by atoms with Crippen LogP contribution in [0, 0.1) is 0 Å². The summed E-state index contributed by atoms with van der Waals surface area (Å²) in [6.45, 7) is 3.82. The van der Waals surface area contributed by atoms with Crippen molar-refractivity contribution in [1.82, 2.24) is 5.43 Å². The molecule has 0 heterocycles. The van der Waals surface area contributed by atoms with Gasteiger partial charge in [-0.1, -0.05) is 79.7 Å². The van der Waals surface area contributed by atoms with Crippen molar-refractivity contribution in [2.24, 2.45) is 5.10 Å². The van der Waals surface area contributed by atoms with E-state index < -0.39 is 0 Å². The predicted octanol–water partition coefficient (Wildman–Crippen LogP) is 5.37. The molecular weight excluding hydrogens is 398 g/mol. The van der Waals surface area contributed by atoms with Crippen molar-refractivity contribution in [3.63, 3.8) is 0 Å². The Hall–Kier alpha value is -3.99. The van der Waals surface area contributed by atoms with Gasteiger partial charge in [0.2, 0.25) is 11.8 Å². The average molecular weight is 426 g/mol. The van der Waals surface area contributed by atoms with E-state index in [4.69, 9.17) is 0 Å². The first-order chi connectivity index (χ1) is 15.6. The van der Waals surface area contributed by atoms with Gasteiger partial charge in [-0.05, 0) is 48.2 Å². The highest BCUT2D eigenvalue weighted by Gasteiger charge is 2.18. The van der Waals surface area contributed by atoms with Crippen molar-refractivity contribution in [3.8, 4) is 0 Å². The van der Waals surface area contributed by atoms with E-state index in [1.165, 1.54) is 6.08 Å². The molecule has 2 N–H and O–H groups in total. The fraction of sp³-hybridized carbons (Fsp3) is 0.148. The molecule has 3 aromatic rings. The minimum Gasteiger partial charge on any atom is -0.323 e. The van der Waals surface area contributed by atoms with Crippen molar-refractivity contribution >= 4 is 29.3 Å². The van der Waals surface area contributed by atoms with Crippen LogP contribution in [0.1, 0.15) is 42.9 Å². The predicted molar refractivity (Wildman–Crippen MR) is 130 cm³/mol. The lowest BCUT2D eigenvalue weighted by atomic mass is 9.96. The Kier molecular flexibility index (Phi) is 8.09. The summed E-state index contributed by atoms with van der Waals surface area (Å²) in [7, 11) is 0. The molecule has 1 atom stereocenters. The van der Waals surface area contributed by atoms with Gasteiger partial charge >= 0.3 is 0 Å². The lowest BCUT2D eigenvalue weighted by Gasteiger charge is -2.13. The van der Waals surface area contributed by atoms with Crippen molar-refractivity contribution < 1.29 is 9.59 Å². The van der Waals surface area contributed by atoms with Crippen LogP contribution in [-0.4, -0.2) is 17.5 Å². The van der Waals surface area contributed by atoms with Crippen LogP contribution in [0.5, 0.6) is 0 Å². The van der Waals surface area contributed by atoms with Crippen LogP contribution in [0.25, 0.3) is 6.08 Å². The monoisotopic (exact) mass is 425 g/mol. The Morgan fingerprint density at radius 1 is 0.906 bits per heavy atom. The van der Waals surface area contributed by atoms with Gasteiger partial charge in [-0.3, -0.25) is 9.59 Å². The first-order valence-corrected chi connectivity index (χ1v) is 10.6. The van der Waals surface area contributed by atoms with Gasteiger partial charge < -0.3 is 5.32 Å². The standard InChI is InChI=1S/C27H27N3O2/c1-3-25(23-12-8-5-9-13-23)27(32)30-29-20(2)22-15-17-24(18-16-22)28-26(31)19-14-21-10-6-4-7-11-21/h4-19,25H,3H2,1-2H3,(H,28,31)(H,30,32)/b19-14+,29-20-. The number of carbonyl (C=O) groups is 2. The molecule has 0 aliphatic rings. The average Bonchev–Trinajstić information content (AvgIpc) is 2.83. The van der Waals surface area contributed by atoms with Gasteiger partial charge in [0.05, 0.1) is 11.6 Å². The topological polar surface area (TPSA) is 70.6 Å². The number of nitrogens with zero attached hydrogens (tertiary/aromatic N) is 1. The van der Waals surface area contributed by atoms with Crippen LogP contribution in [0.4, 0.5) is 5.69 Å². The number of amides is 2. The van der Waals surface area contributed by atoms with Gasteiger partial charge in [0, 0.05) is 11.8 Å². The zero-order chi connectivity index (χ0) is 22.8. The van der Waals surface area contributed by atoms with Crippen molar-refractivity contribution in [2.45, 2.75) is 26.2 Å². The zero-order valence-electron chi connectivity index (χ0n) is 18.3. The molecule has 0 fully saturated rings. The first-order valence-electron chi connectivity index (χ1n) is 10.6. The Bertz CT molecular complexity index is 1090. The summed E-state index contributed by atoms with van der Waals surface area (Å²) in [5, 5.41) is 7.09. The van der Waals surface area contributed by atoms with E-state index in [2.05, 4.69) is 15.8 Å². The van der Waals surface area contributed by atoms with Gasteiger partial charge in [-0.2, -0.15) is 5.10 Å². The van der Waals surface area contributed by atoms with Crippen LogP contribution < -0.4 is 10.7 Å². The number of benzene rings is 3. The van der Waals surface area contributed by atoms with E-state index in [1.807, 2.05) is 98.8 Å². The first kappa shape index (κ1) is 22.7. The third kappa shape index (κ3) is 6.51. The molecule has 5 nitrogen and oxygen atoms in total. The Morgan fingerprint density at radius 3 is 2.16 bits per heavy atom. The molecule has 5 heteroatoms. The largest absolute Gasteiger partial charge is 0.323 e. The second-order valence-electron chi connectivity index (χ2n) is 7.36. The highest BCUT2D eigenvalue weighted by molar-refractivity contribution is 6.03. The van der Waals surface area contributed by atoms with Gasteiger partial charge in [0.25, 0.3) is 0 Å². The summed E-state index contributed by atoms with van der Waals surface area (Å²) >= 11 is 0. The Morgan fingerprint density at radius 2 is 1.53 bits per heavy atom. The lowest BCUT2D eigenvalue weighted by molar-refractivity contribution is -0.122. The molecule has 1 unspecified atom stereocenters. The quantitative estimate of drug-likeness (QED) is 0.289. The van der Waals surface area contributed by atoms with Gasteiger partial charge in [-0.25, -0.2) is 5.43 Å². The second kappa shape index (κ2) is 11.4. The molecular formula is C27H27N3O2. The Balaban J connectivity index is 1.57. The highest BCUT2D eigenvalue weighted by Crippen LogP contribution is 2.19. The van der Waals surface area contributed by atoms with E-state index in [-0.39, 0.29) is 17.7 Å². The molecule has 0 bridgehead atoms. The molecule has 0 aliphatic carbocycles. The molecule has 0 aromatic heterocycles. The maximum Gasteiger partial charge on any atom is 0.248 e. The summed E-state index contributed by atoms with van der Waals surface area (Å²) < 4.78 is 0. The summed E-state index contributed by atoms with van der Waals surface area (Å²) in [5.41, 5.74) is 6.84. The van der Waals surface area contributed by atoms with Crippen LogP contribution >= 0.6 is 0 Å². The number of carbonyl (C=O) groups excluding carboxylic acids is 2. The highest BCUT2D eigenvalue weighted by atomic mass is 16.2. The third-order valence-electron chi connectivity index (χ3n) is 5.06. The maximum atomic E-state index is 12.6. The number of rotatable bonds is 8. The van der Waals surface area contributed by atoms with Crippen LogP contribution in [-0.2, 0) is 9.59 Å². The molecule has 0 aliphatic heterocycles. The number of anilines is 1. The molecule has 3 rings (SSSR count). The fourth-order valence-electron chi connectivity index (χ4n) is 3.25. The van der Waals surface area contributed by atoms with Gasteiger partial charge in [0.15, 0.2) is 0 Å². The molecule has 0 spiro atoms. The number of nitrogens with one attached hydrogen (secondary N) is 2. The van der Waals surface area contributed by atoms with E-state index in [0.29, 0.717) is 17.8 Å². The van der Waals surface area contributed by atoms with E-state index in [9.17, 15) is 9.59 Å². The smallest absolute Gasteiger partial charge is 0.248 e. The van der Waals surface area contributed by atoms with Crippen molar-refractivity contribution in [2.75, 3.05) is 5.32 Å². The minimum atomic E-state index is -0.241. The molecule has 3 aromatic carbocycles. The zero-order valence-corrected chi connectivity index (χ0v) is 18.3. The summed E-state index contributed by atoms with van der Waals surface area (Å²) in [6, 6.07) is 26.7. The van der Waals surface area contributed by atoms with Gasteiger partial charge in [0.1, 0.15) is 0 Å². The molecule has 32 heavy (non-hydrogen) atoms. The van der Waals surface area contributed by atoms with Crippen molar-refractivity contribution in [1.29, 1.82) is 0 Å². The summed E-state index contributed by atoms with van der Waals surface area (Å²) in [5.74, 6) is -0.577.